The number of ether oxygens (including phenoxy) is 1. The van der Waals surface area contributed by atoms with E-state index in [1.54, 1.807) is 11.2 Å². The van der Waals surface area contributed by atoms with Gasteiger partial charge < -0.3 is 14.2 Å². The van der Waals surface area contributed by atoms with E-state index in [9.17, 15) is 14.4 Å². The van der Waals surface area contributed by atoms with Crippen LogP contribution in [0.3, 0.4) is 0 Å². The molecule has 1 aliphatic carbocycles. The first-order chi connectivity index (χ1) is 16.4. The van der Waals surface area contributed by atoms with Crippen LogP contribution in [0.5, 0.6) is 0 Å². The highest BCUT2D eigenvalue weighted by Gasteiger charge is 2.29. The summed E-state index contributed by atoms with van der Waals surface area (Å²) in [6.45, 7) is 4.70. The molecule has 2 aromatic heterocycles. The number of nitrogens with zero attached hydrogens (tertiary/aromatic N) is 5. The van der Waals surface area contributed by atoms with Gasteiger partial charge in [0.15, 0.2) is 11.2 Å². The van der Waals surface area contributed by atoms with Gasteiger partial charge in [0.05, 0.1) is 25.1 Å². The predicted molar refractivity (Wildman–Crippen MR) is 128 cm³/mol. The lowest BCUT2D eigenvalue weighted by Crippen LogP contribution is -2.51. The van der Waals surface area contributed by atoms with Gasteiger partial charge in [-0.15, -0.1) is 0 Å². The van der Waals surface area contributed by atoms with Crippen LogP contribution in [0.25, 0.3) is 11.2 Å². The van der Waals surface area contributed by atoms with Crippen molar-refractivity contribution in [1.82, 2.24) is 23.6 Å². The lowest BCUT2D eigenvalue weighted by atomic mass is 10.2. The molecule has 3 heterocycles. The molecule has 0 radical (unpaired) electrons. The molecule has 1 saturated heterocycles. The number of carbonyl (C=O) groups is 1. The zero-order chi connectivity index (χ0) is 23.8. The number of amides is 1. The number of hydrogen-bond acceptors (Lipinski definition) is 5. The Kier molecular flexibility index (Phi) is 6.12. The fourth-order valence-electron chi connectivity index (χ4n) is 5.33. The van der Waals surface area contributed by atoms with Crippen LogP contribution in [0.2, 0.25) is 0 Å². The van der Waals surface area contributed by atoms with Gasteiger partial charge in [0.2, 0.25) is 5.91 Å². The van der Waals surface area contributed by atoms with E-state index in [1.165, 1.54) is 4.57 Å². The number of carbonyl (C=O) groups excluding carboxylic acids is 1. The average Bonchev–Trinajstić information content (AvgIpc) is 3.49. The molecule has 0 unspecified atom stereocenters. The lowest BCUT2D eigenvalue weighted by molar-refractivity contribution is -0.143. The van der Waals surface area contributed by atoms with Gasteiger partial charge in [-0.3, -0.25) is 14.2 Å². The van der Waals surface area contributed by atoms with Gasteiger partial charge in [0.25, 0.3) is 5.56 Å². The van der Waals surface area contributed by atoms with Crippen molar-refractivity contribution < 1.29 is 9.53 Å². The molecular formula is C25H31N5O4. The minimum Gasteiger partial charge on any atom is -0.372 e. The third kappa shape index (κ3) is 4.20. The lowest BCUT2D eigenvalue weighted by Gasteiger charge is -2.35. The Labute approximate surface area is 197 Å². The van der Waals surface area contributed by atoms with E-state index in [4.69, 9.17) is 4.74 Å². The number of imidazole rings is 1. The Bertz CT molecular complexity index is 1290. The van der Waals surface area contributed by atoms with E-state index >= 15 is 0 Å². The Morgan fingerprint density at radius 1 is 1.03 bits per heavy atom. The van der Waals surface area contributed by atoms with Crippen LogP contribution in [-0.2, 0) is 22.6 Å². The molecule has 3 aromatic rings. The zero-order valence-corrected chi connectivity index (χ0v) is 19.7. The third-order valence-electron chi connectivity index (χ3n) is 6.91. The number of hydrogen-bond donors (Lipinski definition) is 0. The van der Waals surface area contributed by atoms with Crippen LogP contribution in [0.15, 0.2) is 46.2 Å². The molecule has 5 rings (SSSR count). The summed E-state index contributed by atoms with van der Waals surface area (Å²) in [5, 5.41) is 0. The summed E-state index contributed by atoms with van der Waals surface area (Å²) in [4.78, 5) is 46.6. The molecule has 180 valence electrons. The highest BCUT2D eigenvalue weighted by molar-refractivity contribution is 5.77. The van der Waals surface area contributed by atoms with Gasteiger partial charge in [0, 0.05) is 19.1 Å². The highest BCUT2D eigenvalue weighted by atomic mass is 16.5. The quantitative estimate of drug-likeness (QED) is 0.576. The molecule has 0 bridgehead atoms. The summed E-state index contributed by atoms with van der Waals surface area (Å²) >= 11 is 0. The normalized spacial score (nSPS) is 21.4. The fraction of sp³-hybridized carbons (Fsp3) is 0.520. The summed E-state index contributed by atoms with van der Waals surface area (Å²) in [5.74, 6) is -0.251. The van der Waals surface area contributed by atoms with Crippen molar-refractivity contribution in [3.8, 4) is 0 Å². The van der Waals surface area contributed by atoms with Crippen molar-refractivity contribution >= 4 is 17.1 Å². The number of aromatic nitrogens is 4. The molecule has 2 fully saturated rings. The SMILES string of the molecule is C[C@@H]1CN(C(=O)Cn2c(=O)c3c(ncn3C3CCCC3)n(Cc3ccccc3)c2=O)C[C@@H](C)O1. The first-order valence-corrected chi connectivity index (χ1v) is 12.1. The molecule has 2 atom stereocenters. The van der Waals surface area contributed by atoms with Crippen molar-refractivity contribution in [3.05, 3.63) is 63.1 Å². The van der Waals surface area contributed by atoms with E-state index in [0.29, 0.717) is 24.3 Å². The molecule has 1 aromatic carbocycles. The third-order valence-corrected chi connectivity index (χ3v) is 6.91. The minimum absolute atomic E-state index is 0.0922. The van der Waals surface area contributed by atoms with Crippen LogP contribution in [-0.4, -0.2) is 54.8 Å². The van der Waals surface area contributed by atoms with Crippen LogP contribution in [0, 0.1) is 0 Å². The van der Waals surface area contributed by atoms with Crippen LogP contribution < -0.4 is 11.2 Å². The monoisotopic (exact) mass is 465 g/mol. The van der Waals surface area contributed by atoms with Gasteiger partial charge in [-0.2, -0.15) is 0 Å². The fourth-order valence-corrected chi connectivity index (χ4v) is 5.33. The first-order valence-electron chi connectivity index (χ1n) is 12.1. The number of fused-ring (bicyclic) bond motifs is 1. The molecule has 0 spiro atoms. The maximum absolute atomic E-state index is 13.6. The highest BCUT2D eigenvalue weighted by Crippen LogP contribution is 2.31. The van der Waals surface area contributed by atoms with Crippen molar-refractivity contribution in [2.45, 2.75) is 70.9 Å². The van der Waals surface area contributed by atoms with Gasteiger partial charge >= 0.3 is 5.69 Å². The molecule has 2 aliphatic rings. The molecule has 34 heavy (non-hydrogen) atoms. The van der Waals surface area contributed by atoms with Crippen LogP contribution in [0.4, 0.5) is 0 Å². The van der Waals surface area contributed by atoms with Gasteiger partial charge in [0.1, 0.15) is 6.54 Å². The number of benzene rings is 1. The van der Waals surface area contributed by atoms with E-state index in [-0.39, 0.29) is 37.2 Å². The second-order valence-electron chi connectivity index (χ2n) is 9.56. The molecule has 1 amide bonds. The standard InChI is InChI=1S/C25H31N5O4/c1-17-12-27(13-18(2)34-17)21(31)15-29-24(32)22-23(26-16-30(22)20-10-6-7-11-20)28(25(29)33)14-19-8-4-3-5-9-19/h3-5,8-9,16-18,20H,6-7,10-15H2,1-2H3/t17-,18-/m1/s1. The average molecular weight is 466 g/mol. The first kappa shape index (κ1) is 22.6. The topological polar surface area (TPSA) is 91.4 Å². The van der Waals surface area contributed by atoms with E-state index in [1.807, 2.05) is 48.7 Å². The number of morpholine rings is 1. The summed E-state index contributed by atoms with van der Waals surface area (Å²) in [7, 11) is 0. The Hall–Kier alpha value is -3.20. The van der Waals surface area contributed by atoms with Crippen molar-refractivity contribution in [2.75, 3.05) is 13.1 Å². The Morgan fingerprint density at radius 2 is 1.71 bits per heavy atom. The molecule has 1 saturated carbocycles. The van der Waals surface area contributed by atoms with Crippen LogP contribution in [0.1, 0.15) is 51.1 Å². The van der Waals surface area contributed by atoms with Gasteiger partial charge in [-0.25, -0.2) is 14.3 Å². The summed E-state index contributed by atoms with van der Waals surface area (Å²) in [5.41, 5.74) is 0.743. The zero-order valence-electron chi connectivity index (χ0n) is 19.7. The van der Waals surface area contributed by atoms with Crippen LogP contribution >= 0.6 is 0 Å². The summed E-state index contributed by atoms with van der Waals surface area (Å²) in [6.07, 6.45) is 5.66. The van der Waals surface area contributed by atoms with Crippen molar-refractivity contribution in [3.63, 3.8) is 0 Å². The smallest absolute Gasteiger partial charge is 0.333 e. The summed E-state index contributed by atoms with van der Waals surface area (Å²) in [6, 6.07) is 9.79. The van der Waals surface area contributed by atoms with E-state index in [2.05, 4.69) is 4.98 Å². The molecular weight excluding hydrogens is 434 g/mol. The van der Waals surface area contributed by atoms with E-state index in [0.717, 1.165) is 35.8 Å². The second kappa shape index (κ2) is 9.21. The largest absolute Gasteiger partial charge is 0.372 e. The molecule has 9 heteroatoms. The predicted octanol–water partition coefficient (Wildman–Crippen LogP) is 2.16. The summed E-state index contributed by atoms with van der Waals surface area (Å²) < 4.78 is 10.3. The van der Waals surface area contributed by atoms with Crippen molar-refractivity contribution in [1.29, 1.82) is 0 Å². The molecule has 0 N–H and O–H groups in total. The minimum atomic E-state index is -0.513. The second-order valence-corrected chi connectivity index (χ2v) is 9.56. The Balaban J connectivity index is 1.60. The number of rotatable bonds is 5. The van der Waals surface area contributed by atoms with Crippen molar-refractivity contribution in [2.24, 2.45) is 0 Å². The van der Waals surface area contributed by atoms with Gasteiger partial charge in [-0.05, 0) is 32.3 Å². The maximum atomic E-state index is 13.6. The van der Waals surface area contributed by atoms with Gasteiger partial charge in [-0.1, -0.05) is 43.2 Å². The molecule has 1 aliphatic heterocycles. The van der Waals surface area contributed by atoms with E-state index < -0.39 is 11.2 Å². The maximum Gasteiger partial charge on any atom is 0.333 e. The Morgan fingerprint density at radius 3 is 2.38 bits per heavy atom. The molecule has 9 nitrogen and oxygen atoms in total.